The van der Waals surface area contributed by atoms with Gasteiger partial charge in [0.2, 0.25) is 0 Å². The van der Waals surface area contributed by atoms with E-state index in [-0.39, 0.29) is 16.1 Å². The van der Waals surface area contributed by atoms with E-state index in [1.165, 1.54) is 42.6 Å². The summed E-state index contributed by atoms with van der Waals surface area (Å²) in [5.41, 5.74) is 3.76. The third-order valence-corrected chi connectivity index (χ3v) is 6.87. The fourth-order valence-electron chi connectivity index (χ4n) is 2.94. The highest BCUT2D eigenvalue weighted by atomic mass is 35.5. The van der Waals surface area contributed by atoms with E-state index in [0.29, 0.717) is 16.1 Å². The lowest BCUT2D eigenvalue weighted by molar-refractivity contribution is -0.119. The van der Waals surface area contributed by atoms with Crippen molar-refractivity contribution >= 4 is 45.4 Å². The number of nitrogens with zero attached hydrogens (tertiary/aromatic N) is 2. The van der Waals surface area contributed by atoms with Gasteiger partial charge in [-0.25, -0.2) is 18.6 Å². The van der Waals surface area contributed by atoms with Crippen LogP contribution in [0.4, 0.5) is 5.69 Å². The van der Waals surface area contributed by atoms with Crippen LogP contribution in [0.15, 0.2) is 82.8 Å². The summed E-state index contributed by atoms with van der Waals surface area (Å²) in [7, 11) is -4.07. The minimum atomic E-state index is -4.07. The molecule has 0 heterocycles. The zero-order chi connectivity index (χ0) is 24.0. The van der Waals surface area contributed by atoms with Gasteiger partial charge in [-0.15, -0.1) is 0 Å². The zero-order valence-electron chi connectivity index (χ0n) is 17.5. The Balaban J connectivity index is 1.83. The molecule has 0 saturated heterocycles. The van der Waals surface area contributed by atoms with Crippen LogP contribution in [0.2, 0.25) is 5.02 Å². The zero-order valence-corrected chi connectivity index (χ0v) is 19.0. The third kappa shape index (κ3) is 5.76. The van der Waals surface area contributed by atoms with Crippen LogP contribution < -0.4 is 9.73 Å². The van der Waals surface area contributed by atoms with Crippen molar-refractivity contribution in [2.45, 2.75) is 11.8 Å². The number of sulfonamides is 1. The van der Waals surface area contributed by atoms with Crippen molar-refractivity contribution in [3.63, 3.8) is 0 Å². The number of carboxylic acid groups (broad SMARTS) is 1. The van der Waals surface area contributed by atoms with Gasteiger partial charge in [-0.05, 0) is 54.4 Å². The van der Waals surface area contributed by atoms with Crippen LogP contribution in [0.3, 0.4) is 0 Å². The molecule has 3 rings (SSSR count). The second-order valence-corrected chi connectivity index (χ2v) is 9.20. The van der Waals surface area contributed by atoms with Crippen LogP contribution in [0.25, 0.3) is 0 Å². The number of carbonyl (C=O) groups is 2. The van der Waals surface area contributed by atoms with E-state index in [2.05, 4.69) is 10.5 Å². The maximum atomic E-state index is 13.3. The predicted molar refractivity (Wildman–Crippen MR) is 126 cm³/mol. The third-order valence-electron chi connectivity index (χ3n) is 4.69. The molecule has 0 saturated carbocycles. The largest absolute Gasteiger partial charge is 0.478 e. The fraction of sp³-hybridized carbons (Fsp3) is 0.0870. The number of rotatable bonds is 8. The SMILES string of the molecule is Cc1c(Cl)cccc1N(CC(=O)N/N=C\c1ccc(C(=O)O)cc1)S(=O)(=O)c1ccccc1. The Morgan fingerprint density at radius 2 is 1.70 bits per heavy atom. The lowest BCUT2D eigenvalue weighted by atomic mass is 10.1. The van der Waals surface area contributed by atoms with Gasteiger partial charge in [-0.3, -0.25) is 9.10 Å². The lowest BCUT2D eigenvalue weighted by Crippen LogP contribution is -2.40. The summed E-state index contributed by atoms with van der Waals surface area (Å²) in [6, 6.07) is 18.4. The van der Waals surface area contributed by atoms with Gasteiger partial charge >= 0.3 is 5.97 Å². The summed E-state index contributed by atoms with van der Waals surface area (Å²) in [6.07, 6.45) is 1.32. The second kappa shape index (κ2) is 10.3. The first kappa shape index (κ1) is 24.0. The summed E-state index contributed by atoms with van der Waals surface area (Å²) in [5.74, 6) is -1.73. The van der Waals surface area contributed by atoms with Gasteiger partial charge in [0, 0.05) is 5.02 Å². The first-order valence-corrected chi connectivity index (χ1v) is 11.5. The molecule has 33 heavy (non-hydrogen) atoms. The highest BCUT2D eigenvalue weighted by Crippen LogP contribution is 2.30. The van der Waals surface area contributed by atoms with Crippen molar-refractivity contribution < 1.29 is 23.1 Å². The standard InChI is InChI=1S/C23H20ClN3O5S/c1-16-20(24)8-5-9-21(16)27(33(31,32)19-6-3-2-4-7-19)15-22(28)26-25-14-17-10-12-18(13-11-17)23(29)30/h2-14H,15H2,1H3,(H,26,28)(H,29,30)/b25-14-. The molecule has 0 radical (unpaired) electrons. The van der Waals surface area contributed by atoms with Crippen molar-refractivity contribution in [1.29, 1.82) is 0 Å². The molecule has 0 fully saturated rings. The fourth-order valence-corrected chi connectivity index (χ4v) is 4.61. The highest BCUT2D eigenvalue weighted by molar-refractivity contribution is 7.92. The van der Waals surface area contributed by atoms with Crippen LogP contribution in [-0.2, 0) is 14.8 Å². The molecular formula is C23H20ClN3O5S. The van der Waals surface area contributed by atoms with E-state index in [9.17, 15) is 18.0 Å². The normalized spacial score (nSPS) is 11.3. The molecular weight excluding hydrogens is 466 g/mol. The average molecular weight is 486 g/mol. The Labute approximate surface area is 196 Å². The molecule has 1 amide bonds. The monoisotopic (exact) mass is 485 g/mol. The molecule has 0 aromatic heterocycles. The van der Waals surface area contributed by atoms with Gasteiger partial charge in [0.05, 0.1) is 22.4 Å². The van der Waals surface area contributed by atoms with Crippen molar-refractivity contribution in [2.24, 2.45) is 5.10 Å². The summed E-state index contributed by atoms with van der Waals surface area (Å²) in [6.45, 7) is 1.13. The lowest BCUT2D eigenvalue weighted by Gasteiger charge is -2.25. The molecule has 8 nitrogen and oxygen atoms in total. The summed E-state index contributed by atoms with van der Waals surface area (Å²) < 4.78 is 27.6. The van der Waals surface area contributed by atoms with Gasteiger partial charge in [0.15, 0.2) is 0 Å². The van der Waals surface area contributed by atoms with Crippen LogP contribution in [0.5, 0.6) is 0 Å². The minimum Gasteiger partial charge on any atom is -0.478 e. The summed E-state index contributed by atoms with van der Waals surface area (Å²) >= 11 is 6.19. The molecule has 0 spiro atoms. The molecule has 10 heteroatoms. The summed E-state index contributed by atoms with van der Waals surface area (Å²) in [5, 5.41) is 13.1. The van der Waals surface area contributed by atoms with Gasteiger partial charge in [0.25, 0.3) is 15.9 Å². The number of anilines is 1. The van der Waals surface area contributed by atoms with Gasteiger partial charge in [-0.1, -0.05) is 48.0 Å². The second-order valence-electron chi connectivity index (χ2n) is 6.93. The Hall–Kier alpha value is -3.69. The molecule has 0 aliphatic rings. The molecule has 2 N–H and O–H groups in total. The quantitative estimate of drug-likeness (QED) is 0.373. The molecule has 3 aromatic rings. The Kier molecular flexibility index (Phi) is 7.47. The first-order valence-electron chi connectivity index (χ1n) is 9.68. The maximum Gasteiger partial charge on any atom is 0.335 e. The van der Waals surface area contributed by atoms with E-state index in [1.807, 2.05) is 0 Å². The van der Waals surface area contributed by atoms with Gasteiger partial charge in [-0.2, -0.15) is 5.10 Å². The molecule has 0 atom stereocenters. The van der Waals surface area contributed by atoms with Gasteiger partial charge < -0.3 is 5.11 Å². The van der Waals surface area contributed by atoms with E-state index >= 15 is 0 Å². The number of carbonyl (C=O) groups excluding carboxylic acids is 1. The van der Waals surface area contributed by atoms with E-state index in [0.717, 1.165) is 4.31 Å². The van der Waals surface area contributed by atoms with Crippen molar-refractivity contribution in [2.75, 3.05) is 10.8 Å². The highest BCUT2D eigenvalue weighted by Gasteiger charge is 2.28. The molecule has 0 bridgehead atoms. The Morgan fingerprint density at radius 1 is 1.03 bits per heavy atom. The summed E-state index contributed by atoms with van der Waals surface area (Å²) in [4.78, 5) is 23.5. The average Bonchev–Trinajstić information content (AvgIpc) is 2.80. The van der Waals surface area contributed by atoms with Crippen LogP contribution in [0.1, 0.15) is 21.5 Å². The van der Waals surface area contributed by atoms with Crippen molar-refractivity contribution in [3.05, 3.63) is 94.5 Å². The molecule has 3 aromatic carbocycles. The Bertz CT molecular complexity index is 1290. The molecule has 170 valence electrons. The van der Waals surface area contributed by atoms with Crippen LogP contribution >= 0.6 is 11.6 Å². The predicted octanol–water partition coefficient (Wildman–Crippen LogP) is 3.69. The molecule has 0 aliphatic carbocycles. The Morgan fingerprint density at radius 3 is 2.33 bits per heavy atom. The minimum absolute atomic E-state index is 0.0270. The van der Waals surface area contributed by atoms with Crippen molar-refractivity contribution in [3.8, 4) is 0 Å². The van der Waals surface area contributed by atoms with Crippen molar-refractivity contribution in [1.82, 2.24) is 5.43 Å². The van der Waals surface area contributed by atoms with E-state index in [1.54, 1.807) is 43.3 Å². The smallest absolute Gasteiger partial charge is 0.335 e. The number of halogens is 1. The van der Waals surface area contributed by atoms with Crippen LogP contribution in [0, 0.1) is 6.92 Å². The van der Waals surface area contributed by atoms with E-state index in [4.69, 9.17) is 16.7 Å². The number of hydrogen-bond acceptors (Lipinski definition) is 5. The first-order chi connectivity index (χ1) is 15.7. The van der Waals surface area contributed by atoms with Crippen LogP contribution in [-0.4, -0.2) is 38.2 Å². The molecule has 0 aliphatic heterocycles. The number of benzene rings is 3. The van der Waals surface area contributed by atoms with Gasteiger partial charge in [0.1, 0.15) is 6.54 Å². The number of hydrogen-bond donors (Lipinski definition) is 2. The molecule has 0 unspecified atom stereocenters. The maximum absolute atomic E-state index is 13.3. The topological polar surface area (TPSA) is 116 Å². The van der Waals surface area contributed by atoms with E-state index < -0.39 is 28.4 Å². The number of aromatic carboxylic acids is 1. The number of nitrogens with one attached hydrogen (secondary N) is 1. The number of carboxylic acids is 1. The number of hydrazone groups is 1. The number of amides is 1.